The summed E-state index contributed by atoms with van der Waals surface area (Å²) in [5.41, 5.74) is 1.53. The third-order valence-electron chi connectivity index (χ3n) is 7.61. The Kier molecular flexibility index (Phi) is 6.15. The zero-order valence-electron chi connectivity index (χ0n) is 21.3. The molecule has 2 amide bonds. The average molecular weight is 505 g/mol. The highest BCUT2D eigenvalue weighted by Gasteiger charge is 2.38. The Bertz CT molecular complexity index is 1320. The molecule has 0 bridgehead atoms. The van der Waals surface area contributed by atoms with E-state index < -0.39 is 6.09 Å². The van der Waals surface area contributed by atoms with E-state index in [1.165, 1.54) is 4.90 Å². The Morgan fingerprint density at radius 3 is 2.65 bits per heavy atom. The summed E-state index contributed by atoms with van der Waals surface area (Å²) in [7, 11) is 3.32. The van der Waals surface area contributed by atoms with Crippen LogP contribution in [0, 0.1) is 0 Å². The van der Waals surface area contributed by atoms with Crippen molar-refractivity contribution < 1.29 is 14.3 Å². The van der Waals surface area contributed by atoms with E-state index >= 15 is 0 Å². The van der Waals surface area contributed by atoms with Gasteiger partial charge in [-0.1, -0.05) is 12.8 Å². The molecule has 2 saturated heterocycles. The second kappa shape index (κ2) is 9.62. The van der Waals surface area contributed by atoms with Crippen molar-refractivity contribution in [3.8, 4) is 5.88 Å². The first-order valence-corrected chi connectivity index (χ1v) is 13.0. The zero-order chi connectivity index (χ0) is 25.5. The van der Waals surface area contributed by atoms with Gasteiger partial charge in [-0.2, -0.15) is 4.98 Å². The first-order chi connectivity index (χ1) is 18.0. The average Bonchev–Trinajstić information content (AvgIpc) is 3.65. The van der Waals surface area contributed by atoms with Gasteiger partial charge in [0.05, 0.1) is 17.9 Å². The fourth-order valence-corrected chi connectivity index (χ4v) is 5.70. The van der Waals surface area contributed by atoms with Crippen molar-refractivity contribution in [2.45, 2.75) is 50.6 Å². The van der Waals surface area contributed by atoms with E-state index in [2.05, 4.69) is 20.2 Å². The molecule has 2 aliphatic heterocycles. The van der Waals surface area contributed by atoms with Gasteiger partial charge in [-0.05, 0) is 44.4 Å². The number of carbonyl (C=O) groups excluding carboxylic acids is 2. The maximum Gasteiger partial charge on any atom is 0.415 e. The molecule has 1 aliphatic carbocycles. The number of ether oxygens (including phenoxy) is 1. The van der Waals surface area contributed by atoms with Crippen LogP contribution in [0.25, 0.3) is 11.0 Å². The number of aromatic nitrogens is 4. The Balaban J connectivity index is 1.23. The van der Waals surface area contributed by atoms with Gasteiger partial charge in [0.1, 0.15) is 11.5 Å². The highest BCUT2D eigenvalue weighted by atomic mass is 16.6. The number of anilines is 3. The van der Waals surface area contributed by atoms with Crippen LogP contribution >= 0.6 is 0 Å². The van der Waals surface area contributed by atoms with Gasteiger partial charge in [-0.3, -0.25) is 14.3 Å². The largest absolute Gasteiger partial charge is 0.415 e. The third-order valence-corrected chi connectivity index (χ3v) is 7.61. The van der Waals surface area contributed by atoms with E-state index in [-0.39, 0.29) is 18.0 Å². The minimum absolute atomic E-state index is 0.00433. The molecule has 194 valence electrons. The monoisotopic (exact) mass is 504 g/mol. The number of rotatable bonds is 5. The molecule has 1 atom stereocenters. The Morgan fingerprint density at radius 2 is 1.89 bits per heavy atom. The van der Waals surface area contributed by atoms with E-state index in [9.17, 15) is 9.59 Å². The van der Waals surface area contributed by atoms with Crippen LogP contribution in [0.5, 0.6) is 5.88 Å². The quantitative estimate of drug-likeness (QED) is 0.562. The van der Waals surface area contributed by atoms with Crippen LogP contribution in [0.3, 0.4) is 0 Å². The molecule has 3 aromatic rings. The summed E-state index contributed by atoms with van der Waals surface area (Å²) in [5.74, 6) is 1.65. The summed E-state index contributed by atoms with van der Waals surface area (Å²) in [5, 5.41) is 4.00. The molecular formula is C26H32N8O3. The fraction of sp³-hybridized carbons (Fsp3) is 0.500. The minimum atomic E-state index is -0.425. The predicted octanol–water partition coefficient (Wildman–Crippen LogP) is 3.56. The molecular weight excluding hydrogens is 472 g/mol. The molecule has 3 aliphatic rings. The molecule has 11 nitrogen and oxygen atoms in total. The van der Waals surface area contributed by atoms with Gasteiger partial charge in [0, 0.05) is 50.9 Å². The molecule has 11 heteroatoms. The second-order valence-corrected chi connectivity index (χ2v) is 10.2. The summed E-state index contributed by atoms with van der Waals surface area (Å²) in [4.78, 5) is 44.5. The molecule has 0 spiro atoms. The van der Waals surface area contributed by atoms with Gasteiger partial charge < -0.3 is 19.9 Å². The van der Waals surface area contributed by atoms with Crippen LogP contribution in [0.15, 0.2) is 30.6 Å². The van der Waals surface area contributed by atoms with Crippen molar-refractivity contribution in [2.24, 2.45) is 0 Å². The predicted molar refractivity (Wildman–Crippen MR) is 139 cm³/mol. The van der Waals surface area contributed by atoms with E-state index in [0.717, 1.165) is 68.3 Å². The smallest absolute Gasteiger partial charge is 0.393 e. The Hall–Kier alpha value is -3.73. The second-order valence-electron chi connectivity index (χ2n) is 10.2. The maximum atomic E-state index is 12.9. The number of hydrogen-bond donors (Lipinski definition) is 1. The van der Waals surface area contributed by atoms with Crippen LogP contribution < -0.4 is 15.0 Å². The van der Waals surface area contributed by atoms with Gasteiger partial charge in [0.2, 0.25) is 17.7 Å². The summed E-state index contributed by atoms with van der Waals surface area (Å²) in [6.45, 7) is 2.60. The Labute approximate surface area is 215 Å². The highest BCUT2D eigenvalue weighted by Crippen LogP contribution is 2.37. The van der Waals surface area contributed by atoms with Gasteiger partial charge in [0.15, 0.2) is 0 Å². The number of amides is 2. The number of fused-ring (bicyclic) bond motifs is 2. The molecule has 3 fully saturated rings. The van der Waals surface area contributed by atoms with E-state index in [1.807, 2.05) is 27.7 Å². The molecule has 5 heterocycles. The molecule has 3 aromatic heterocycles. The molecule has 0 aromatic carbocycles. The zero-order valence-corrected chi connectivity index (χ0v) is 21.3. The standard InChI is InChI=1S/C26H32N8O3/c1-31(2)26(36)37-22-14-17-15-28-25(30-23(17)34(22)18-6-3-4-7-18)29-21-10-9-19(16-27-21)33-13-12-32-11-5-8-20(32)24(33)35/h9-10,14-16,18,20H,3-8,11-13H2,1-2H3,(H,27,28,29,30). The van der Waals surface area contributed by atoms with E-state index in [1.54, 1.807) is 26.5 Å². The number of nitrogens with one attached hydrogen (secondary N) is 1. The van der Waals surface area contributed by atoms with E-state index in [4.69, 9.17) is 9.72 Å². The maximum absolute atomic E-state index is 12.9. The molecule has 1 saturated carbocycles. The number of nitrogens with zero attached hydrogens (tertiary/aromatic N) is 7. The molecule has 6 rings (SSSR count). The van der Waals surface area contributed by atoms with Gasteiger partial charge in [0.25, 0.3) is 0 Å². The van der Waals surface area contributed by atoms with Crippen molar-refractivity contribution in [3.05, 3.63) is 30.6 Å². The van der Waals surface area contributed by atoms with Gasteiger partial charge in [-0.25, -0.2) is 14.8 Å². The van der Waals surface area contributed by atoms with Crippen molar-refractivity contribution in [1.82, 2.24) is 29.3 Å². The van der Waals surface area contributed by atoms with Crippen molar-refractivity contribution in [2.75, 3.05) is 43.9 Å². The molecule has 37 heavy (non-hydrogen) atoms. The number of hydrogen-bond acceptors (Lipinski definition) is 8. The van der Waals surface area contributed by atoms with Crippen LogP contribution in [-0.2, 0) is 4.79 Å². The molecule has 0 radical (unpaired) electrons. The first-order valence-electron chi connectivity index (χ1n) is 13.0. The molecule has 1 unspecified atom stereocenters. The minimum Gasteiger partial charge on any atom is -0.393 e. The van der Waals surface area contributed by atoms with Gasteiger partial charge in [-0.15, -0.1) is 0 Å². The number of pyridine rings is 1. The lowest BCUT2D eigenvalue weighted by Gasteiger charge is -2.36. The number of piperazine rings is 1. The van der Waals surface area contributed by atoms with E-state index in [0.29, 0.717) is 24.2 Å². The van der Waals surface area contributed by atoms with Crippen molar-refractivity contribution >= 4 is 40.5 Å². The van der Waals surface area contributed by atoms with Crippen LogP contribution in [0.4, 0.5) is 22.2 Å². The summed E-state index contributed by atoms with van der Waals surface area (Å²) < 4.78 is 7.71. The summed E-state index contributed by atoms with van der Waals surface area (Å²) in [6.07, 6.45) is 9.35. The van der Waals surface area contributed by atoms with Crippen LogP contribution in [0.1, 0.15) is 44.6 Å². The topological polar surface area (TPSA) is 109 Å². The number of carbonyl (C=O) groups is 2. The summed E-state index contributed by atoms with van der Waals surface area (Å²) >= 11 is 0. The highest BCUT2D eigenvalue weighted by molar-refractivity contribution is 5.98. The normalized spacial score (nSPS) is 20.4. The van der Waals surface area contributed by atoms with Crippen molar-refractivity contribution in [1.29, 1.82) is 0 Å². The first kappa shape index (κ1) is 23.7. The van der Waals surface area contributed by atoms with Crippen LogP contribution in [-0.4, -0.2) is 81.1 Å². The Morgan fingerprint density at radius 1 is 1.05 bits per heavy atom. The lowest BCUT2D eigenvalue weighted by Crippen LogP contribution is -2.54. The molecule has 1 N–H and O–H groups in total. The summed E-state index contributed by atoms with van der Waals surface area (Å²) in [6, 6.07) is 5.81. The van der Waals surface area contributed by atoms with Crippen LogP contribution in [0.2, 0.25) is 0 Å². The fourth-order valence-electron chi connectivity index (χ4n) is 5.70. The third kappa shape index (κ3) is 4.48. The van der Waals surface area contributed by atoms with Crippen molar-refractivity contribution in [3.63, 3.8) is 0 Å². The van der Waals surface area contributed by atoms with Gasteiger partial charge >= 0.3 is 6.09 Å². The lowest BCUT2D eigenvalue weighted by atomic mass is 10.1. The lowest BCUT2D eigenvalue weighted by molar-refractivity contribution is -0.124. The SMILES string of the molecule is CN(C)C(=O)Oc1cc2cnc(Nc3ccc(N4CCN5CCCC5C4=O)cn3)nc2n1C1CCCC1.